The van der Waals surface area contributed by atoms with Gasteiger partial charge in [-0.1, -0.05) is 29.8 Å². The number of aromatic amines is 1. The SMILES string of the molecule is CC1(O)CCC(CN2CCN(c3ccc(C(=O)NSc4ccc(NCC5CCOCC5)c(NO)c4)c(Oc4cnc5[nH]ccc5c4)c3)CC2)CC1.CO.Clc1ccccc1. The Morgan fingerprint density at radius 1 is 0.950 bits per heavy atom. The Hall–Kier alpha value is -4.54. The number of anilines is 3. The second-order valence-electron chi connectivity index (χ2n) is 15.7. The molecule has 5 aromatic rings. The van der Waals surface area contributed by atoms with Crippen LogP contribution in [0.4, 0.5) is 17.1 Å². The van der Waals surface area contributed by atoms with Gasteiger partial charge in [-0.2, -0.15) is 0 Å². The molecule has 3 aromatic carbocycles. The number of H-pyrrole nitrogens is 1. The minimum Gasteiger partial charge on any atom is -0.455 e. The minimum atomic E-state index is -0.505. The number of hydrogen-bond acceptors (Lipinski definition) is 12. The number of nitrogens with one attached hydrogen (secondary N) is 4. The van der Waals surface area contributed by atoms with Gasteiger partial charge < -0.3 is 34.9 Å². The number of fused-ring (bicyclic) bond motifs is 1. The van der Waals surface area contributed by atoms with Crippen molar-refractivity contribution in [1.82, 2.24) is 19.6 Å². The fourth-order valence-electron chi connectivity index (χ4n) is 7.73. The molecule has 0 atom stereocenters. The van der Waals surface area contributed by atoms with E-state index in [0.29, 0.717) is 34.6 Å². The summed E-state index contributed by atoms with van der Waals surface area (Å²) >= 11 is 6.72. The van der Waals surface area contributed by atoms with E-state index in [1.807, 2.05) is 85.9 Å². The van der Waals surface area contributed by atoms with Gasteiger partial charge in [-0.05, 0) is 124 Å². The molecule has 60 heavy (non-hydrogen) atoms. The number of carbonyl (C=O) groups is 1. The molecule has 13 nitrogen and oxygen atoms in total. The Labute approximate surface area is 361 Å². The van der Waals surface area contributed by atoms with Crippen molar-refractivity contribution in [3.63, 3.8) is 0 Å². The molecule has 2 saturated heterocycles. The van der Waals surface area contributed by atoms with E-state index in [9.17, 15) is 15.1 Å². The average Bonchev–Trinajstić information content (AvgIpc) is 3.76. The van der Waals surface area contributed by atoms with Gasteiger partial charge >= 0.3 is 0 Å². The zero-order valence-corrected chi connectivity index (χ0v) is 36.0. The molecule has 1 amide bonds. The first-order valence-electron chi connectivity index (χ1n) is 20.6. The second-order valence-corrected chi connectivity index (χ2v) is 17.0. The van der Waals surface area contributed by atoms with Gasteiger partial charge in [0.15, 0.2) is 0 Å². The minimum absolute atomic E-state index is 0.297. The van der Waals surface area contributed by atoms with Gasteiger partial charge in [0.1, 0.15) is 17.1 Å². The molecule has 7 N–H and O–H groups in total. The molecule has 2 aromatic heterocycles. The Morgan fingerprint density at radius 3 is 2.40 bits per heavy atom. The first-order valence-corrected chi connectivity index (χ1v) is 21.8. The third kappa shape index (κ3) is 13.0. The highest BCUT2D eigenvalue weighted by atomic mass is 35.5. The number of amides is 1. The predicted octanol–water partition coefficient (Wildman–Crippen LogP) is 8.44. The summed E-state index contributed by atoms with van der Waals surface area (Å²) in [6, 6.07) is 24.7. The van der Waals surface area contributed by atoms with E-state index in [-0.39, 0.29) is 5.91 Å². The first kappa shape index (κ1) is 45.0. The van der Waals surface area contributed by atoms with E-state index in [1.54, 1.807) is 12.3 Å². The smallest absolute Gasteiger partial charge is 0.265 e. The summed E-state index contributed by atoms with van der Waals surface area (Å²) < 4.78 is 14.8. The summed E-state index contributed by atoms with van der Waals surface area (Å²) in [5.74, 6) is 1.86. The van der Waals surface area contributed by atoms with E-state index < -0.39 is 5.60 Å². The number of aromatic nitrogens is 2. The van der Waals surface area contributed by atoms with Crippen molar-refractivity contribution in [3.05, 3.63) is 102 Å². The molecule has 15 heteroatoms. The second kappa shape index (κ2) is 22.3. The molecule has 0 spiro atoms. The lowest BCUT2D eigenvalue weighted by atomic mass is 9.80. The summed E-state index contributed by atoms with van der Waals surface area (Å²) in [7, 11) is 1.00. The number of pyridine rings is 1. The lowest BCUT2D eigenvalue weighted by Gasteiger charge is -2.40. The fraction of sp³-hybridized carbons (Fsp3) is 0.422. The van der Waals surface area contributed by atoms with Crippen LogP contribution in [0.15, 0.2) is 96.2 Å². The number of rotatable bonds is 12. The molecule has 322 valence electrons. The zero-order chi connectivity index (χ0) is 42.3. The average molecular weight is 861 g/mol. The molecule has 0 bridgehead atoms. The van der Waals surface area contributed by atoms with Gasteiger partial charge in [0.05, 0.1) is 28.7 Å². The highest BCUT2D eigenvalue weighted by Crippen LogP contribution is 2.35. The van der Waals surface area contributed by atoms with Crippen molar-refractivity contribution in [3.8, 4) is 11.5 Å². The van der Waals surface area contributed by atoms with Crippen molar-refractivity contribution < 1.29 is 29.7 Å². The molecule has 0 radical (unpaired) electrons. The van der Waals surface area contributed by atoms with Gasteiger partial charge in [0, 0.05) is 92.8 Å². The van der Waals surface area contributed by atoms with E-state index in [2.05, 4.69) is 35.3 Å². The number of aliphatic hydroxyl groups is 2. The number of nitrogens with zero attached hydrogens (tertiary/aromatic N) is 3. The molecular formula is C45H58ClN7O6S. The summed E-state index contributed by atoms with van der Waals surface area (Å²) in [4.78, 5) is 26.9. The number of carbonyl (C=O) groups excluding carboxylic acids is 1. The molecule has 4 heterocycles. The Balaban J connectivity index is 0.000000602. The van der Waals surface area contributed by atoms with Crippen LogP contribution >= 0.6 is 23.5 Å². The van der Waals surface area contributed by atoms with Crippen LogP contribution in [0.3, 0.4) is 0 Å². The summed E-state index contributed by atoms with van der Waals surface area (Å²) in [6.45, 7) is 9.09. The largest absolute Gasteiger partial charge is 0.455 e. The number of hydrogen-bond donors (Lipinski definition) is 7. The van der Waals surface area contributed by atoms with Crippen LogP contribution in [0.2, 0.25) is 5.02 Å². The maximum absolute atomic E-state index is 13.7. The fourth-order valence-corrected chi connectivity index (χ4v) is 8.51. The maximum Gasteiger partial charge on any atom is 0.265 e. The van der Waals surface area contributed by atoms with Gasteiger partial charge in [-0.15, -0.1) is 0 Å². The molecule has 2 aliphatic heterocycles. The lowest BCUT2D eigenvalue weighted by molar-refractivity contribution is 0.00263. The highest BCUT2D eigenvalue weighted by molar-refractivity contribution is 7.98. The third-order valence-electron chi connectivity index (χ3n) is 11.3. The Bertz CT molecular complexity index is 2080. The molecule has 8 rings (SSSR count). The normalized spacial score (nSPS) is 19.6. The van der Waals surface area contributed by atoms with Crippen LogP contribution in [-0.4, -0.2) is 101 Å². The highest BCUT2D eigenvalue weighted by Gasteiger charge is 2.30. The van der Waals surface area contributed by atoms with E-state index in [4.69, 9.17) is 26.2 Å². The van der Waals surface area contributed by atoms with E-state index in [1.165, 1.54) is 11.9 Å². The van der Waals surface area contributed by atoms with Crippen molar-refractivity contribution in [2.45, 2.75) is 55.9 Å². The first-order chi connectivity index (χ1) is 29.2. The number of halogens is 1. The third-order valence-corrected chi connectivity index (χ3v) is 12.3. The molecule has 1 aliphatic carbocycles. The van der Waals surface area contributed by atoms with Crippen LogP contribution < -0.4 is 25.2 Å². The van der Waals surface area contributed by atoms with Gasteiger partial charge in [-0.25, -0.2) is 4.98 Å². The van der Waals surface area contributed by atoms with Crippen LogP contribution in [0.1, 0.15) is 55.8 Å². The molecule has 0 unspecified atom stereocenters. The summed E-state index contributed by atoms with van der Waals surface area (Å²) in [5, 5.41) is 32.4. The van der Waals surface area contributed by atoms with Gasteiger partial charge in [0.2, 0.25) is 0 Å². The molecular weight excluding hydrogens is 802 g/mol. The molecule has 3 fully saturated rings. The van der Waals surface area contributed by atoms with E-state index >= 15 is 0 Å². The van der Waals surface area contributed by atoms with Crippen LogP contribution in [0.25, 0.3) is 11.0 Å². The van der Waals surface area contributed by atoms with Crippen LogP contribution in [0.5, 0.6) is 11.5 Å². The Kier molecular flexibility index (Phi) is 16.8. The maximum atomic E-state index is 13.7. The van der Waals surface area contributed by atoms with Crippen molar-refractivity contribution in [1.29, 1.82) is 0 Å². The molecule has 1 saturated carbocycles. The van der Waals surface area contributed by atoms with E-state index in [0.717, 1.165) is 130 Å². The van der Waals surface area contributed by atoms with Crippen molar-refractivity contribution in [2.24, 2.45) is 11.8 Å². The summed E-state index contributed by atoms with van der Waals surface area (Å²) in [6.07, 6.45) is 9.45. The number of ether oxygens (including phenoxy) is 2. The van der Waals surface area contributed by atoms with Crippen LogP contribution in [0, 0.1) is 11.8 Å². The van der Waals surface area contributed by atoms with Crippen molar-refractivity contribution in [2.75, 3.05) is 75.3 Å². The van der Waals surface area contributed by atoms with Crippen molar-refractivity contribution >= 4 is 57.6 Å². The van der Waals surface area contributed by atoms with Gasteiger partial charge in [-0.3, -0.25) is 25.1 Å². The Morgan fingerprint density at radius 2 is 1.70 bits per heavy atom. The van der Waals surface area contributed by atoms with Crippen LogP contribution in [-0.2, 0) is 4.74 Å². The standard InChI is InChI=1S/C38H49N7O5S.C6H5Cl.CH4O/c1-38(47)11-6-27(7-12-38)25-44-14-16-45(17-15-44)29-2-4-32(35(21-29)50-30-20-28-8-13-39-36(28)41-24-30)37(46)43-51-31-3-5-33(34(22-31)42-48)40-23-26-9-18-49-19-10-26;7-6-4-2-1-3-5-6;1-2/h2-5,8,13,20-22,24,26-27,40,42,47-48H,6-7,9-12,14-19,23,25H2,1H3,(H,39,41)(H,43,46);1-5H;2H,1H3. The number of benzene rings is 3. The number of piperazine rings is 1. The quantitative estimate of drug-likeness (QED) is 0.0473. The lowest BCUT2D eigenvalue weighted by Crippen LogP contribution is -2.48. The monoisotopic (exact) mass is 859 g/mol. The zero-order valence-electron chi connectivity index (χ0n) is 34.4. The topological polar surface area (TPSA) is 167 Å². The summed E-state index contributed by atoms with van der Waals surface area (Å²) in [5.41, 5.74) is 5.29. The molecule has 3 aliphatic rings. The number of aliphatic hydroxyl groups excluding tert-OH is 1. The predicted molar refractivity (Wildman–Crippen MR) is 241 cm³/mol. The van der Waals surface area contributed by atoms with Gasteiger partial charge in [0.25, 0.3) is 5.91 Å².